The zero-order chi connectivity index (χ0) is 12.4. The van der Waals surface area contributed by atoms with Crippen LogP contribution in [0.15, 0.2) is 35.1 Å². The molecule has 0 amide bonds. The van der Waals surface area contributed by atoms with Gasteiger partial charge in [-0.1, -0.05) is 15.9 Å². The molecule has 0 radical (unpaired) electrons. The van der Waals surface area contributed by atoms with Crippen LogP contribution in [0.2, 0.25) is 0 Å². The Labute approximate surface area is 106 Å². The molecule has 17 heavy (non-hydrogen) atoms. The van der Waals surface area contributed by atoms with Gasteiger partial charge in [-0.2, -0.15) is 0 Å². The highest BCUT2D eigenvalue weighted by Gasteiger charge is 2.18. The van der Waals surface area contributed by atoms with Crippen molar-refractivity contribution in [2.45, 2.75) is 13.5 Å². The van der Waals surface area contributed by atoms with E-state index in [9.17, 15) is 9.18 Å². The topological polar surface area (TPSA) is 34.9 Å². The van der Waals surface area contributed by atoms with Crippen molar-refractivity contribution < 1.29 is 9.18 Å². The third-order valence-corrected chi connectivity index (χ3v) is 2.93. The first-order valence-corrected chi connectivity index (χ1v) is 5.93. The molecule has 1 aromatic carbocycles. The fourth-order valence-corrected chi connectivity index (χ4v) is 1.93. The van der Waals surface area contributed by atoms with Gasteiger partial charge in [0.1, 0.15) is 5.82 Å². The van der Waals surface area contributed by atoms with Gasteiger partial charge >= 0.3 is 0 Å². The van der Waals surface area contributed by atoms with Crippen LogP contribution in [0.3, 0.4) is 0 Å². The summed E-state index contributed by atoms with van der Waals surface area (Å²) in [5, 5.41) is 0. The smallest absolute Gasteiger partial charge is 0.231 e. The average molecular weight is 297 g/mol. The molecule has 0 aliphatic heterocycles. The van der Waals surface area contributed by atoms with Gasteiger partial charge in [-0.05, 0) is 25.1 Å². The van der Waals surface area contributed by atoms with E-state index in [1.165, 1.54) is 18.3 Å². The number of carbonyl (C=O) groups excluding carboxylic acids is 1. The minimum atomic E-state index is -0.538. The monoisotopic (exact) mass is 296 g/mol. The zero-order valence-electron chi connectivity index (χ0n) is 9.15. The predicted molar refractivity (Wildman–Crippen MR) is 65.4 cm³/mol. The van der Waals surface area contributed by atoms with Gasteiger partial charge in [-0.3, -0.25) is 4.79 Å². The van der Waals surface area contributed by atoms with E-state index in [0.29, 0.717) is 11.0 Å². The van der Waals surface area contributed by atoms with Crippen LogP contribution in [0, 0.1) is 5.82 Å². The average Bonchev–Trinajstić information content (AvgIpc) is 2.79. The van der Waals surface area contributed by atoms with Crippen molar-refractivity contribution in [2.24, 2.45) is 0 Å². The number of benzene rings is 1. The van der Waals surface area contributed by atoms with E-state index in [-0.39, 0.29) is 11.4 Å². The Bertz CT molecular complexity index is 565. The fraction of sp³-hybridized carbons (Fsp3) is 0.167. The fourth-order valence-electron chi connectivity index (χ4n) is 1.57. The first-order valence-electron chi connectivity index (χ1n) is 5.14. The summed E-state index contributed by atoms with van der Waals surface area (Å²) in [5.74, 6) is -0.691. The Balaban J connectivity index is 2.47. The normalized spacial score (nSPS) is 10.5. The first-order chi connectivity index (χ1) is 8.13. The van der Waals surface area contributed by atoms with Gasteiger partial charge in [-0.25, -0.2) is 9.37 Å². The number of rotatable bonds is 3. The second-order valence-corrected chi connectivity index (χ2v) is 4.41. The second kappa shape index (κ2) is 4.79. The molecule has 5 heteroatoms. The van der Waals surface area contributed by atoms with Crippen molar-refractivity contribution in [1.82, 2.24) is 9.55 Å². The molecule has 0 fully saturated rings. The van der Waals surface area contributed by atoms with Gasteiger partial charge in [0.15, 0.2) is 5.82 Å². The molecular weight excluding hydrogens is 287 g/mol. The van der Waals surface area contributed by atoms with Gasteiger partial charge in [0, 0.05) is 23.4 Å². The van der Waals surface area contributed by atoms with Crippen LogP contribution >= 0.6 is 15.9 Å². The van der Waals surface area contributed by atoms with E-state index in [1.807, 2.05) is 6.92 Å². The highest BCUT2D eigenvalue weighted by molar-refractivity contribution is 9.10. The maximum absolute atomic E-state index is 13.6. The quantitative estimate of drug-likeness (QED) is 0.816. The third-order valence-electron chi connectivity index (χ3n) is 2.43. The van der Waals surface area contributed by atoms with Crippen LogP contribution in [0.25, 0.3) is 0 Å². The number of ketones is 1. The van der Waals surface area contributed by atoms with E-state index in [1.54, 1.807) is 16.8 Å². The number of imidazole rings is 1. The summed E-state index contributed by atoms with van der Waals surface area (Å²) >= 11 is 3.22. The van der Waals surface area contributed by atoms with Gasteiger partial charge in [0.05, 0.1) is 5.56 Å². The Morgan fingerprint density at radius 3 is 3.00 bits per heavy atom. The van der Waals surface area contributed by atoms with Gasteiger partial charge < -0.3 is 4.57 Å². The lowest BCUT2D eigenvalue weighted by molar-refractivity contribution is 0.102. The van der Waals surface area contributed by atoms with Crippen molar-refractivity contribution in [3.05, 3.63) is 52.3 Å². The SMILES string of the molecule is CCn1ccnc1C(=O)c1cc(Br)ccc1F. The number of nitrogens with zero attached hydrogens (tertiary/aromatic N) is 2. The number of hydrogen-bond donors (Lipinski definition) is 0. The summed E-state index contributed by atoms with van der Waals surface area (Å²) in [7, 11) is 0. The standard InChI is InChI=1S/C12H10BrFN2O/c1-2-16-6-5-15-12(16)11(17)9-7-8(13)3-4-10(9)14/h3-7H,2H2,1H3. The minimum absolute atomic E-state index is 0.0280. The van der Waals surface area contributed by atoms with E-state index in [2.05, 4.69) is 20.9 Å². The maximum Gasteiger partial charge on any atom is 0.231 e. The number of hydrogen-bond acceptors (Lipinski definition) is 2. The van der Waals surface area contributed by atoms with Crippen molar-refractivity contribution in [2.75, 3.05) is 0 Å². The van der Waals surface area contributed by atoms with Crippen molar-refractivity contribution in [3.63, 3.8) is 0 Å². The summed E-state index contributed by atoms with van der Waals surface area (Å²) in [6.07, 6.45) is 3.23. The second-order valence-electron chi connectivity index (χ2n) is 3.49. The molecule has 0 N–H and O–H groups in total. The molecule has 0 spiro atoms. The van der Waals surface area contributed by atoms with Gasteiger partial charge in [0.25, 0.3) is 0 Å². The van der Waals surface area contributed by atoms with E-state index in [0.717, 1.165) is 0 Å². The molecule has 1 heterocycles. The van der Waals surface area contributed by atoms with E-state index >= 15 is 0 Å². The summed E-state index contributed by atoms with van der Waals surface area (Å²) < 4.78 is 15.9. The number of aromatic nitrogens is 2. The van der Waals surface area contributed by atoms with Crippen molar-refractivity contribution in [1.29, 1.82) is 0 Å². The molecule has 0 aliphatic rings. The molecule has 0 aliphatic carbocycles. The molecule has 0 bridgehead atoms. The van der Waals surface area contributed by atoms with E-state index in [4.69, 9.17) is 0 Å². The van der Waals surface area contributed by atoms with Crippen LogP contribution in [0.4, 0.5) is 4.39 Å². The Hall–Kier alpha value is -1.49. The van der Waals surface area contributed by atoms with Crippen molar-refractivity contribution >= 4 is 21.7 Å². The zero-order valence-corrected chi connectivity index (χ0v) is 10.7. The maximum atomic E-state index is 13.6. The lowest BCUT2D eigenvalue weighted by Gasteiger charge is -2.05. The van der Waals surface area contributed by atoms with Gasteiger partial charge in [-0.15, -0.1) is 0 Å². The number of aryl methyl sites for hydroxylation is 1. The highest BCUT2D eigenvalue weighted by Crippen LogP contribution is 2.18. The summed E-state index contributed by atoms with van der Waals surface area (Å²) in [4.78, 5) is 16.1. The van der Waals surface area contributed by atoms with E-state index < -0.39 is 11.6 Å². The predicted octanol–water partition coefficient (Wildman–Crippen LogP) is 3.04. The molecule has 3 nitrogen and oxygen atoms in total. The number of halogens is 2. The largest absolute Gasteiger partial charge is 0.328 e. The Morgan fingerprint density at radius 2 is 2.29 bits per heavy atom. The third kappa shape index (κ3) is 2.29. The minimum Gasteiger partial charge on any atom is -0.328 e. The molecule has 0 saturated heterocycles. The molecule has 2 aromatic rings. The number of carbonyl (C=O) groups is 1. The highest BCUT2D eigenvalue weighted by atomic mass is 79.9. The van der Waals surface area contributed by atoms with Crippen LogP contribution < -0.4 is 0 Å². The lowest BCUT2D eigenvalue weighted by Crippen LogP contribution is -2.12. The molecule has 0 atom stereocenters. The molecule has 2 rings (SSSR count). The molecule has 0 unspecified atom stereocenters. The summed E-state index contributed by atoms with van der Waals surface area (Å²) in [5.41, 5.74) is 0.0280. The van der Waals surface area contributed by atoms with Gasteiger partial charge in [0.2, 0.25) is 5.78 Å². The van der Waals surface area contributed by atoms with Crippen LogP contribution in [0.1, 0.15) is 23.1 Å². The molecule has 0 saturated carbocycles. The Morgan fingerprint density at radius 1 is 1.53 bits per heavy atom. The lowest BCUT2D eigenvalue weighted by atomic mass is 10.1. The van der Waals surface area contributed by atoms with Crippen LogP contribution in [0.5, 0.6) is 0 Å². The molecular formula is C12H10BrFN2O. The van der Waals surface area contributed by atoms with Crippen LogP contribution in [-0.4, -0.2) is 15.3 Å². The Kier molecular flexibility index (Phi) is 3.38. The molecule has 88 valence electrons. The molecule has 1 aromatic heterocycles. The first kappa shape index (κ1) is 12.0. The van der Waals surface area contributed by atoms with Crippen molar-refractivity contribution in [3.8, 4) is 0 Å². The summed E-state index contributed by atoms with van der Waals surface area (Å²) in [6.45, 7) is 2.52. The summed E-state index contributed by atoms with van der Waals surface area (Å²) in [6, 6.07) is 4.28. The van der Waals surface area contributed by atoms with Crippen LogP contribution in [-0.2, 0) is 6.54 Å².